The van der Waals surface area contributed by atoms with Gasteiger partial charge in [-0.05, 0) is 6.07 Å². The average molecular weight is 269 g/mol. The lowest BCUT2D eigenvalue weighted by atomic mass is 10.1. The fraction of sp³-hybridized carbons (Fsp3) is 0.0769. The summed E-state index contributed by atoms with van der Waals surface area (Å²) >= 11 is 1.53. The molecule has 19 heavy (non-hydrogen) atoms. The van der Waals surface area contributed by atoms with E-state index in [0.717, 1.165) is 26.7 Å². The van der Waals surface area contributed by atoms with Crippen LogP contribution in [0.15, 0.2) is 36.7 Å². The molecule has 0 bridgehead atoms. The largest absolute Gasteiger partial charge is 0.360 e. The number of aromatic amines is 1. The first-order valence-electron chi connectivity index (χ1n) is 5.97. The number of hydrogen-bond acceptors (Lipinski definition) is 4. The molecule has 0 fully saturated rings. The summed E-state index contributed by atoms with van der Waals surface area (Å²) in [4.78, 5) is 8.75. The molecule has 0 saturated heterocycles. The third kappa shape index (κ3) is 1.57. The van der Waals surface area contributed by atoms with E-state index in [9.17, 15) is 0 Å². The number of benzene rings is 1. The summed E-state index contributed by atoms with van der Waals surface area (Å²) in [5, 5.41) is 6.45. The van der Waals surface area contributed by atoms with E-state index in [1.165, 1.54) is 16.7 Å². The maximum atomic E-state index is 5.58. The van der Waals surface area contributed by atoms with E-state index >= 15 is 0 Å². The molecule has 0 aliphatic heterocycles. The Labute approximate surface area is 112 Å². The minimum atomic E-state index is 0.455. The number of H-pyrrole nitrogens is 1. The molecular formula is C13H11N5S. The summed E-state index contributed by atoms with van der Waals surface area (Å²) in [6, 6.07) is 8.20. The molecule has 0 aliphatic rings. The van der Waals surface area contributed by atoms with E-state index in [-0.39, 0.29) is 0 Å². The van der Waals surface area contributed by atoms with Crippen molar-refractivity contribution in [1.29, 1.82) is 0 Å². The summed E-state index contributed by atoms with van der Waals surface area (Å²) in [6.45, 7) is 0.455. The molecular weight excluding hydrogens is 258 g/mol. The van der Waals surface area contributed by atoms with Gasteiger partial charge < -0.3 is 10.7 Å². The molecule has 6 heteroatoms. The van der Waals surface area contributed by atoms with Crippen molar-refractivity contribution < 1.29 is 0 Å². The number of nitrogens with one attached hydrogen (secondary N) is 1. The predicted octanol–water partition coefficient (Wildman–Crippen LogP) is 2.40. The zero-order valence-corrected chi connectivity index (χ0v) is 10.8. The van der Waals surface area contributed by atoms with Gasteiger partial charge in [-0.15, -0.1) is 0 Å². The van der Waals surface area contributed by atoms with Crippen molar-refractivity contribution in [2.75, 3.05) is 0 Å². The molecule has 4 aromatic rings. The van der Waals surface area contributed by atoms with Crippen LogP contribution in [0.25, 0.3) is 27.1 Å². The van der Waals surface area contributed by atoms with Gasteiger partial charge in [0.1, 0.15) is 5.01 Å². The summed E-state index contributed by atoms with van der Waals surface area (Å²) in [5.74, 6) is 0. The molecule has 0 spiro atoms. The molecule has 5 nitrogen and oxygen atoms in total. The molecule has 0 atom stereocenters. The number of aromatic nitrogens is 4. The van der Waals surface area contributed by atoms with Crippen LogP contribution in [-0.2, 0) is 6.54 Å². The van der Waals surface area contributed by atoms with Crippen LogP contribution >= 0.6 is 11.3 Å². The van der Waals surface area contributed by atoms with E-state index in [0.29, 0.717) is 6.54 Å². The highest BCUT2D eigenvalue weighted by Gasteiger charge is 2.12. The van der Waals surface area contributed by atoms with Crippen LogP contribution in [-0.4, -0.2) is 19.6 Å². The lowest BCUT2D eigenvalue weighted by Crippen LogP contribution is -1.95. The highest BCUT2D eigenvalue weighted by atomic mass is 32.1. The van der Waals surface area contributed by atoms with E-state index in [4.69, 9.17) is 5.73 Å². The van der Waals surface area contributed by atoms with E-state index in [2.05, 4.69) is 27.2 Å². The fourth-order valence-electron chi connectivity index (χ4n) is 2.24. The molecule has 3 heterocycles. The number of rotatable bonds is 2. The zero-order valence-electron chi connectivity index (χ0n) is 10.00. The van der Waals surface area contributed by atoms with Gasteiger partial charge in [0.05, 0.1) is 11.9 Å². The van der Waals surface area contributed by atoms with Crippen LogP contribution < -0.4 is 5.73 Å². The van der Waals surface area contributed by atoms with Gasteiger partial charge in [0.25, 0.3) is 0 Å². The minimum Gasteiger partial charge on any atom is -0.360 e. The lowest BCUT2D eigenvalue weighted by Gasteiger charge is -1.92. The number of hydrogen-bond donors (Lipinski definition) is 2. The number of fused-ring (bicyclic) bond motifs is 2. The molecule has 3 aromatic heterocycles. The second kappa shape index (κ2) is 3.91. The maximum absolute atomic E-state index is 5.58. The molecule has 1 aromatic carbocycles. The molecule has 0 aliphatic carbocycles. The standard InChI is InChI=1S/C13H11N5S/c14-5-12-17-18-7-11(16-13(18)19-12)9-6-15-10-4-2-1-3-8(9)10/h1-4,6-7,15H,5,14H2. The quantitative estimate of drug-likeness (QED) is 0.587. The van der Waals surface area contributed by atoms with Crippen LogP contribution in [0.4, 0.5) is 0 Å². The zero-order chi connectivity index (χ0) is 12.8. The second-order valence-electron chi connectivity index (χ2n) is 4.30. The Bertz CT molecular complexity index is 838. The van der Waals surface area contributed by atoms with Crippen molar-refractivity contribution in [3.8, 4) is 11.3 Å². The van der Waals surface area contributed by atoms with Crippen molar-refractivity contribution in [3.05, 3.63) is 41.7 Å². The first-order valence-corrected chi connectivity index (χ1v) is 6.78. The Hall–Kier alpha value is -2.18. The lowest BCUT2D eigenvalue weighted by molar-refractivity contribution is 0.897. The predicted molar refractivity (Wildman–Crippen MR) is 76.0 cm³/mol. The van der Waals surface area contributed by atoms with Crippen LogP contribution in [0.2, 0.25) is 0 Å². The maximum Gasteiger partial charge on any atom is 0.212 e. The van der Waals surface area contributed by atoms with Crippen LogP contribution in [0.5, 0.6) is 0 Å². The summed E-state index contributed by atoms with van der Waals surface area (Å²) < 4.78 is 1.80. The molecule has 0 radical (unpaired) electrons. The number of nitrogens with zero attached hydrogens (tertiary/aromatic N) is 3. The first-order chi connectivity index (χ1) is 9.35. The third-order valence-corrected chi connectivity index (χ3v) is 4.07. The smallest absolute Gasteiger partial charge is 0.212 e. The van der Waals surface area contributed by atoms with Gasteiger partial charge in [0.15, 0.2) is 0 Å². The summed E-state index contributed by atoms with van der Waals surface area (Å²) in [6.07, 6.45) is 3.93. The van der Waals surface area contributed by atoms with Gasteiger partial charge in [-0.3, -0.25) is 0 Å². The van der Waals surface area contributed by atoms with Gasteiger partial charge in [0.2, 0.25) is 4.96 Å². The average Bonchev–Trinajstić information content (AvgIpc) is 3.09. The SMILES string of the molecule is NCc1nn2cc(-c3c[nH]c4ccccc34)nc2s1. The molecule has 94 valence electrons. The van der Waals surface area contributed by atoms with Crippen molar-refractivity contribution in [2.24, 2.45) is 5.73 Å². The summed E-state index contributed by atoms with van der Waals surface area (Å²) in [5.41, 5.74) is 8.73. The van der Waals surface area contributed by atoms with Crippen molar-refractivity contribution >= 4 is 27.2 Å². The van der Waals surface area contributed by atoms with Gasteiger partial charge in [-0.25, -0.2) is 9.50 Å². The van der Waals surface area contributed by atoms with Crippen LogP contribution in [0.3, 0.4) is 0 Å². The van der Waals surface area contributed by atoms with Crippen LogP contribution in [0, 0.1) is 0 Å². The molecule has 3 N–H and O–H groups in total. The van der Waals surface area contributed by atoms with Gasteiger partial charge in [0, 0.05) is 29.2 Å². The van der Waals surface area contributed by atoms with Crippen molar-refractivity contribution in [1.82, 2.24) is 19.6 Å². The molecule has 0 unspecified atom stereocenters. The van der Waals surface area contributed by atoms with E-state index < -0.39 is 0 Å². The Balaban J connectivity index is 1.91. The van der Waals surface area contributed by atoms with Crippen LogP contribution in [0.1, 0.15) is 5.01 Å². The van der Waals surface area contributed by atoms with Crippen molar-refractivity contribution in [3.63, 3.8) is 0 Å². The van der Waals surface area contributed by atoms with Gasteiger partial charge in [-0.1, -0.05) is 29.5 Å². The number of imidazole rings is 1. The number of nitrogens with two attached hydrogens (primary N) is 1. The van der Waals surface area contributed by atoms with E-state index in [1.54, 1.807) is 4.52 Å². The third-order valence-electron chi connectivity index (χ3n) is 3.12. The summed E-state index contributed by atoms with van der Waals surface area (Å²) in [7, 11) is 0. The Kier molecular flexibility index (Phi) is 2.20. The second-order valence-corrected chi connectivity index (χ2v) is 5.34. The Morgan fingerprint density at radius 1 is 1.32 bits per heavy atom. The minimum absolute atomic E-state index is 0.455. The van der Waals surface area contributed by atoms with Gasteiger partial charge >= 0.3 is 0 Å². The topological polar surface area (TPSA) is 72.0 Å². The number of para-hydroxylation sites is 1. The fourth-order valence-corrected chi connectivity index (χ4v) is 2.99. The van der Waals surface area contributed by atoms with E-state index in [1.807, 2.05) is 24.5 Å². The monoisotopic (exact) mass is 269 g/mol. The Morgan fingerprint density at radius 3 is 3.05 bits per heavy atom. The van der Waals surface area contributed by atoms with Gasteiger partial charge in [-0.2, -0.15) is 5.10 Å². The highest BCUT2D eigenvalue weighted by Crippen LogP contribution is 2.28. The molecule has 0 amide bonds. The highest BCUT2D eigenvalue weighted by molar-refractivity contribution is 7.16. The normalized spacial score (nSPS) is 11.6. The molecule has 4 rings (SSSR count). The first kappa shape index (κ1) is 10.7. The van der Waals surface area contributed by atoms with Crippen molar-refractivity contribution in [2.45, 2.75) is 6.54 Å². The molecule has 0 saturated carbocycles. The Morgan fingerprint density at radius 2 is 2.21 bits per heavy atom.